The normalized spacial score (nSPS) is 11.8. The van der Waals surface area contributed by atoms with Gasteiger partial charge in [-0.15, -0.1) is 0 Å². The van der Waals surface area contributed by atoms with Gasteiger partial charge >= 0.3 is 0 Å². The monoisotopic (exact) mass is 1290 g/mol. The number of benzene rings is 16. The van der Waals surface area contributed by atoms with E-state index >= 15 is 0 Å². The van der Waals surface area contributed by atoms with Gasteiger partial charge in [-0.25, -0.2) is 0 Å². The third-order valence-electron chi connectivity index (χ3n) is 20.6. The van der Waals surface area contributed by atoms with Crippen molar-refractivity contribution in [2.24, 2.45) is 0 Å². The molecule has 0 atom stereocenters. The molecule has 0 fully saturated rings. The summed E-state index contributed by atoms with van der Waals surface area (Å²) in [5.41, 5.74) is 28.0. The molecule has 472 valence electrons. The largest absolute Gasteiger partial charge is 0.456 e. The van der Waals surface area contributed by atoms with Crippen LogP contribution in [0.2, 0.25) is 0 Å². The molecular formula is C96H62N4O. The standard InChI is InChI=1S/C48H30N2O.C48H32N2/c1-2-10-31(11-3-1)32-18-20-33(21-19-32)34-22-24-35(25-23-34)50-42-15-7-4-12-37(42)40-28-29-44-47(48(40)50)41-14-5-8-16-43(41)49(44)36-26-27-39-38-13-6-9-17-45(38)51-46(39)30-36;1-3-14-33(15-4-1)35-18-11-19-36(28-35)38-21-13-23-40(30-38)50-46-27-10-8-25-42(46)44-31-47-43(32-48(44)50)41-24-7-9-26-45(41)49(47)39-22-12-20-37(29-39)34-16-5-2-6-17-34/h1-30H;1-32H. The highest BCUT2D eigenvalue weighted by molar-refractivity contribution is 6.26. The summed E-state index contributed by atoms with van der Waals surface area (Å²) in [5.74, 6) is 0. The number of nitrogens with zero attached hydrogens (tertiary/aromatic N) is 4. The van der Waals surface area contributed by atoms with Crippen LogP contribution in [0, 0.1) is 0 Å². The van der Waals surface area contributed by atoms with E-state index in [1.54, 1.807) is 0 Å². The van der Waals surface area contributed by atoms with Crippen LogP contribution < -0.4 is 0 Å². The molecule has 5 heterocycles. The Morgan fingerprint density at radius 3 is 1.06 bits per heavy atom. The van der Waals surface area contributed by atoms with Gasteiger partial charge in [0.05, 0.1) is 44.1 Å². The van der Waals surface area contributed by atoms with Crippen LogP contribution >= 0.6 is 0 Å². The molecule has 5 aromatic heterocycles. The molecule has 0 amide bonds. The van der Waals surface area contributed by atoms with E-state index in [1.807, 2.05) is 12.1 Å². The molecule has 0 saturated carbocycles. The van der Waals surface area contributed by atoms with Crippen molar-refractivity contribution in [3.05, 3.63) is 376 Å². The molecule has 0 bridgehead atoms. The summed E-state index contributed by atoms with van der Waals surface area (Å²) in [6.45, 7) is 0. The van der Waals surface area contributed by atoms with E-state index in [4.69, 9.17) is 4.42 Å². The minimum Gasteiger partial charge on any atom is -0.456 e. The predicted octanol–water partition coefficient (Wildman–Crippen LogP) is 26.0. The average Bonchev–Trinajstić information content (AvgIpc) is 1.55. The molecule has 0 radical (unpaired) electrons. The molecular weight excluding hydrogens is 1230 g/mol. The zero-order chi connectivity index (χ0) is 66.5. The Hall–Kier alpha value is -13.5. The second kappa shape index (κ2) is 23.7. The summed E-state index contributed by atoms with van der Waals surface area (Å²) in [4.78, 5) is 0. The van der Waals surface area contributed by atoms with Crippen molar-refractivity contribution in [2.45, 2.75) is 0 Å². The van der Waals surface area contributed by atoms with E-state index < -0.39 is 0 Å². The molecule has 0 unspecified atom stereocenters. The summed E-state index contributed by atoms with van der Waals surface area (Å²) < 4.78 is 16.1. The minimum atomic E-state index is 0.893. The van der Waals surface area contributed by atoms with Gasteiger partial charge in [-0.2, -0.15) is 0 Å². The summed E-state index contributed by atoms with van der Waals surface area (Å²) in [6.07, 6.45) is 0. The van der Waals surface area contributed by atoms with Crippen molar-refractivity contribution >= 4 is 109 Å². The van der Waals surface area contributed by atoms with Crippen LogP contribution in [0.5, 0.6) is 0 Å². The predicted molar refractivity (Wildman–Crippen MR) is 425 cm³/mol. The SMILES string of the molecule is c1ccc(-c2ccc(-c3ccc(-n4c5ccccc5c5ccc6c(c7ccccc7n6-c6ccc7c(c6)oc6ccccc67)c54)cc3)cc2)cc1.c1ccc(-c2cccc(-c3cccc(-n4c5ccccc5c5cc6c(cc54)c4ccccc4n6-c4cccc(-c5ccccc5)c4)c3)c2)cc1. The number of hydrogen-bond donors (Lipinski definition) is 0. The summed E-state index contributed by atoms with van der Waals surface area (Å²) in [5, 5.41) is 12.2. The molecule has 101 heavy (non-hydrogen) atoms. The Morgan fingerprint density at radius 1 is 0.158 bits per heavy atom. The number of fused-ring (bicyclic) bond motifs is 16. The average molecular weight is 1290 g/mol. The molecule has 16 aromatic carbocycles. The minimum absolute atomic E-state index is 0.893. The molecule has 5 nitrogen and oxygen atoms in total. The lowest BCUT2D eigenvalue weighted by Gasteiger charge is -2.12. The highest BCUT2D eigenvalue weighted by atomic mass is 16.3. The number of furan rings is 1. The maximum absolute atomic E-state index is 6.35. The Balaban J connectivity index is 0.000000136. The van der Waals surface area contributed by atoms with Gasteiger partial charge in [0, 0.05) is 82.7 Å². The van der Waals surface area contributed by atoms with E-state index in [9.17, 15) is 0 Å². The van der Waals surface area contributed by atoms with Crippen molar-refractivity contribution in [1.82, 2.24) is 18.3 Å². The highest BCUT2D eigenvalue weighted by Crippen LogP contribution is 2.45. The van der Waals surface area contributed by atoms with Crippen molar-refractivity contribution in [3.8, 4) is 78.4 Å². The first-order valence-corrected chi connectivity index (χ1v) is 34.6. The fraction of sp³-hybridized carbons (Fsp3) is 0. The van der Waals surface area contributed by atoms with Crippen molar-refractivity contribution < 1.29 is 4.42 Å². The Bertz CT molecular complexity index is 6790. The van der Waals surface area contributed by atoms with E-state index in [0.717, 1.165) is 44.7 Å². The molecule has 0 spiro atoms. The quantitative estimate of drug-likeness (QED) is 0.142. The van der Waals surface area contributed by atoms with Crippen LogP contribution in [0.25, 0.3) is 188 Å². The number of aromatic nitrogens is 4. The Labute approximate surface area is 582 Å². The van der Waals surface area contributed by atoms with Crippen LogP contribution in [-0.4, -0.2) is 18.3 Å². The molecule has 0 aliphatic heterocycles. The van der Waals surface area contributed by atoms with Gasteiger partial charge in [0.1, 0.15) is 11.2 Å². The topological polar surface area (TPSA) is 32.9 Å². The molecule has 0 aliphatic rings. The molecule has 5 heteroatoms. The van der Waals surface area contributed by atoms with Gasteiger partial charge in [0.2, 0.25) is 0 Å². The molecule has 21 aromatic rings. The van der Waals surface area contributed by atoms with Gasteiger partial charge in [0.25, 0.3) is 0 Å². The third-order valence-corrected chi connectivity index (χ3v) is 20.6. The fourth-order valence-corrected chi connectivity index (χ4v) is 16.0. The summed E-state index contributed by atoms with van der Waals surface area (Å²) in [6, 6.07) is 136. The molecule has 0 saturated heterocycles. The van der Waals surface area contributed by atoms with E-state index in [0.29, 0.717) is 0 Å². The number of para-hydroxylation sites is 5. The van der Waals surface area contributed by atoms with E-state index in [1.165, 1.54) is 143 Å². The van der Waals surface area contributed by atoms with Crippen LogP contribution in [0.15, 0.2) is 381 Å². The first-order chi connectivity index (χ1) is 50.1. The first kappa shape index (κ1) is 57.7. The van der Waals surface area contributed by atoms with Gasteiger partial charge in [0.15, 0.2) is 0 Å². The van der Waals surface area contributed by atoms with Gasteiger partial charge in [-0.05, 0) is 159 Å². The summed E-state index contributed by atoms with van der Waals surface area (Å²) in [7, 11) is 0. The van der Waals surface area contributed by atoms with E-state index in [2.05, 4.69) is 382 Å². The van der Waals surface area contributed by atoms with Crippen LogP contribution in [0.3, 0.4) is 0 Å². The first-order valence-electron chi connectivity index (χ1n) is 34.6. The maximum Gasteiger partial charge on any atom is 0.137 e. The maximum atomic E-state index is 6.35. The molecule has 0 N–H and O–H groups in total. The molecule has 21 rings (SSSR count). The second-order valence-corrected chi connectivity index (χ2v) is 26.3. The van der Waals surface area contributed by atoms with Gasteiger partial charge in [-0.3, -0.25) is 0 Å². The zero-order valence-corrected chi connectivity index (χ0v) is 55.0. The summed E-state index contributed by atoms with van der Waals surface area (Å²) >= 11 is 0. The fourth-order valence-electron chi connectivity index (χ4n) is 16.0. The van der Waals surface area contributed by atoms with Crippen molar-refractivity contribution in [1.29, 1.82) is 0 Å². The van der Waals surface area contributed by atoms with Crippen molar-refractivity contribution in [3.63, 3.8) is 0 Å². The van der Waals surface area contributed by atoms with Crippen LogP contribution in [0.4, 0.5) is 0 Å². The Morgan fingerprint density at radius 2 is 0.505 bits per heavy atom. The Kier molecular flexibility index (Phi) is 13.5. The van der Waals surface area contributed by atoms with E-state index in [-0.39, 0.29) is 0 Å². The molecule has 0 aliphatic carbocycles. The lowest BCUT2D eigenvalue weighted by molar-refractivity contribution is 0.668. The van der Waals surface area contributed by atoms with Crippen molar-refractivity contribution in [2.75, 3.05) is 0 Å². The smallest absolute Gasteiger partial charge is 0.137 e. The van der Waals surface area contributed by atoms with Crippen LogP contribution in [-0.2, 0) is 0 Å². The third kappa shape index (κ3) is 9.62. The number of hydrogen-bond acceptors (Lipinski definition) is 1. The van der Waals surface area contributed by atoms with Gasteiger partial charge in [-0.1, -0.05) is 267 Å². The number of rotatable bonds is 9. The zero-order valence-electron chi connectivity index (χ0n) is 55.0. The lowest BCUT2D eigenvalue weighted by Crippen LogP contribution is -1.95. The lowest BCUT2D eigenvalue weighted by atomic mass is 9.99. The van der Waals surface area contributed by atoms with Gasteiger partial charge < -0.3 is 22.7 Å². The second-order valence-electron chi connectivity index (χ2n) is 26.3. The highest BCUT2D eigenvalue weighted by Gasteiger charge is 2.23. The van der Waals surface area contributed by atoms with Crippen LogP contribution in [0.1, 0.15) is 0 Å².